The van der Waals surface area contributed by atoms with Gasteiger partial charge in [-0.2, -0.15) is 0 Å². The van der Waals surface area contributed by atoms with Crippen LogP contribution in [0.15, 0.2) is 0 Å². The Balaban J connectivity index is 2.45. The van der Waals surface area contributed by atoms with E-state index < -0.39 is 12.0 Å². The molecular weight excluding hydrogens is 184 g/mol. The summed E-state index contributed by atoms with van der Waals surface area (Å²) in [5, 5.41) is 11.0. The van der Waals surface area contributed by atoms with Crippen LogP contribution in [0.3, 0.4) is 0 Å². The lowest BCUT2D eigenvalue weighted by atomic mass is 10.0. The van der Waals surface area contributed by atoms with Crippen LogP contribution in [-0.2, 0) is 9.59 Å². The van der Waals surface area contributed by atoms with Gasteiger partial charge in [0.1, 0.15) is 6.04 Å². The largest absolute Gasteiger partial charge is 0.480 e. The molecule has 0 aromatic rings. The van der Waals surface area contributed by atoms with Crippen LogP contribution in [-0.4, -0.2) is 29.1 Å². The summed E-state index contributed by atoms with van der Waals surface area (Å²) in [6.07, 6.45) is 2.56. The number of carbonyl (C=O) groups is 2. The number of nitrogens with two attached hydrogens (primary N) is 1. The Labute approximate surface area is 82.7 Å². The van der Waals surface area contributed by atoms with Crippen LogP contribution in [0.5, 0.6) is 0 Å². The molecule has 3 unspecified atom stereocenters. The van der Waals surface area contributed by atoms with E-state index in [0.717, 1.165) is 19.3 Å². The van der Waals surface area contributed by atoms with Gasteiger partial charge in [-0.1, -0.05) is 6.42 Å². The van der Waals surface area contributed by atoms with Gasteiger partial charge in [0.2, 0.25) is 5.91 Å². The Bertz CT molecular complexity index is 242. The van der Waals surface area contributed by atoms with Crippen LogP contribution in [0.4, 0.5) is 0 Å². The normalized spacial score (nSPS) is 28.4. The van der Waals surface area contributed by atoms with Crippen molar-refractivity contribution in [3.8, 4) is 0 Å². The van der Waals surface area contributed by atoms with Gasteiger partial charge in [0.15, 0.2) is 0 Å². The minimum atomic E-state index is -1.02. The second kappa shape index (κ2) is 4.41. The Hall–Kier alpha value is -1.10. The van der Waals surface area contributed by atoms with Crippen molar-refractivity contribution in [1.82, 2.24) is 5.32 Å². The molecule has 80 valence electrons. The van der Waals surface area contributed by atoms with E-state index in [9.17, 15) is 9.59 Å². The number of hydrogen-bond acceptors (Lipinski definition) is 3. The number of carboxylic acids is 1. The second-order valence-corrected chi connectivity index (χ2v) is 3.77. The van der Waals surface area contributed by atoms with Gasteiger partial charge in [-0.3, -0.25) is 9.59 Å². The molecule has 3 atom stereocenters. The molecule has 0 aliphatic heterocycles. The lowest BCUT2D eigenvalue weighted by Crippen LogP contribution is -2.45. The number of amides is 1. The third kappa shape index (κ3) is 2.45. The molecule has 1 fully saturated rings. The Morgan fingerprint density at radius 2 is 2.14 bits per heavy atom. The first kappa shape index (κ1) is 11.0. The molecule has 0 bridgehead atoms. The highest BCUT2D eigenvalue weighted by atomic mass is 16.4. The smallest absolute Gasteiger partial charge is 0.325 e. The zero-order chi connectivity index (χ0) is 10.7. The number of aliphatic carboxylic acids is 1. The zero-order valence-corrected chi connectivity index (χ0v) is 8.19. The summed E-state index contributed by atoms with van der Waals surface area (Å²) in [7, 11) is 0. The highest BCUT2D eigenvalue weighted by molar-refractivity contribution is 5.85. The van der Waals surface area contributed by atoms with Crippen molar-refractivity contribution in [3.05, 3.63) is 0 Å². The minimum Gasteiger partial charge on any atom is -0.480 e. The molecular formula is C9H16N2O3. The molecule has 0 spiro atoms. The van der Waals surface area contributed by atoms with Crippen LogP contribution in [0.1, 0.15) is 26.2 Å². The number of carboxylic acid groups (broad SMARTS) is 1. The first-order chi connectivity index (χ1) is 6.52. The Morgan fingerprint density at radius 1 is 1.50 bits per heavy atom. The van der Waals surface area contributed by atoms with Crippen molar-refractivity contribution >= 4 is 11.9 Å². The minimum absolute atomic E-state index is 0.115. The van der Waals surface area contributed by atoms with E-state index in [1.165, 1.54) is 6.92 Å². The van der Waals surface area contributed by atoms with Crippen molar-refractivity contribution in [2.75, 3.05) is 0 Å². The van der Waals surface area contributed by atoms with Gasteiger partial charge in [-0.05, 0) is 19.8 Å². The molecule has 0 aromatic heterocycles. The van der Waals surface area contributed by atoms with Crippen LogP contribution in [0, 0.1) is 5.92 Å². The first-order valence-electron chi connectivity index (χ1n) is 4.81. The molecule has 4 N–H and O–H groups in total. The third-order valence-electron chi connectivity index (χ3n) is 2.64. The molecule has 1 saturated carbocycles. The van der Waals surface area contributed by atoms with Crippen molar-refractivity contribution in [1.29, 1.82) is 0 Å². The molecule has 1 aliphatic carbocycles. The van der Waals surface area contributed by atoms with Crippen molar-refractivity contribution in [2.45, 2.75) is 38.3 Å². The number of carbonyl (C=O) groups excluding carboxylic acids is 1. The van der Waals surface area contributed by atoms with Crippen LogP contribution < -0.4 is 11.1 Å². The van der Waals surface area contributed by atoms with Gasteiger partial charge in [0, 0.05) is 6.04 Å². The van der Waals surface area contributed by atoms with Crippen LogP contribution in [0.25, 0.3) is 0 Å². The molecule has 0 heterocycles. The standard InChI is InChI=1S/C9H16N2O3/c1-5(9(13)14)11-8(12)6-3-2-4-7(6)10/h5-7H,2-4,10H2,1H3,(H,11,12)(H,13,14). The van der Waals surface area contributed by atoms with Crippen molar-refractivity contribution in [2.24, 2.45) is 11.7 Å². The number of nitrogens with one attached hydrogen (secondary N) is 1. The predicted molar refractivity (Wildman–Crippen MR) is 50.6 cm³/mol. The molecule has 1 aliphatic rings. The van der Waals surface area contributed by atoms with E-state index in [0.29, 0.717) is 0 Å². The molecule has 5 nitrogen and oxygen atoms in total. The van der Waals surface area contributed by atoms with Gasteiger partial charge >= 0.3 is 5.97 Å². The van der Waals surface area contributed by atoms with E-state index in [4.69, 9.17) is 10.8 Å². The quantitative estimate of drug-likeness (QED) is 0.583. The maximum Gasteiger partial charge on any atom is 0.325 e. The highest BCUT2D eigenvalue weighted by Gasteiger charge is 2.31. The summed E-state index contributed by atoms with van der Waals surface area (Å²) in [6, 6.07) is -0.953. The summed E-state index contributed by atoms with van der Waals surface area (Å²) in [5.41, 5.74) is 5.72. The van der Waals surface area contributed by atoms with E-state index in [2.05, 4.69) is 5.32 Å². The van der Waals surface area contributed by atoms with Gasteiger partial charge in [0.05, 0.1) is 5.92 Å². The van der Waals surface area contributed by atoms with Crippen molar-refractivity contribution in [3.63, 3.8) is 0 Å². The molecule has 14 heavy (non-hydrogen) atoms. The fraction of sp³-hybridized carbons (Fsp3) is 0.778. The van der Waals surface area contributed by atoms with Crippen molar-refractivity contribution < 1.29 is 14.7 Å². The number of hydrogen-bond donors (Lipinski definition) is 3. The summed E-state index contributed by atoms with van der Waals surface area (Å²) < 4.78 is 0. The molecule has 1 amide bonds. The fourth-order valence-corrected chi connectivity index (χ4v) is 1.70. The van der Waals surface area contributed by atoms with E-state index >= 15 is 0 Å². The average molecular weight is 200 g/mol. The maximum absolute atomic E-state index is 11.5. The predicted octanol–water partition coefficient (Wildman–Crippen LogP) is -0.297. The van der Waals surface area contributed by atoms with Gasteiger partial charge in [-0.15, -0.1) is 0 Å². The average Bonchev–Trinajstić information content (AvgIpc) is 2.51. The van der Waals surface area contributed by atoms with Gasteiger partial charge < -0.3 is 16.2 Å². The molecule has 1 rings (SSSR count). The first-order valence-corrected chi connectivity index (χ1v) is 4.81. The van der Waals surface area contributed by atoms with Gasteiger partial charge in [-0.25, -0.2) is 0 Å². The fourth-order valence-electron chi connectivity index (χ4n) is 1.70. The zero-order valence-electron chi connectivity index (χ0n) is 8.19. The lowest BCUT2D eigenvalue weighted by molar-refractivity contribution is -0.142. The van der Waals surface area contributed by atoms with Gasteiger partial charge in [0.25, 0.3) is 0 Å². The number of rotatable bonds is 3. The maximum atomic E-state index is 11.5. The third-order valence-corrected chi connectivity index (χ3v) is 2.64. The van der Waals surface area contributed by atoms with E-state index in [1.54, 1.807) is 0 Å². The summed E-state index contributed by atoms with van der Waals surface area (Å²) >= 11 is 0. The molecule has 0 saturated heterocycles. The molecule has 0 aromatic carbocycles. The summed E-state index contributed by atoms with van der Waals surface area (Å²) in [6.45, 7) is 1.45. The Morgan fingerprint density at radius 3 is 2.57 bits per heavy atom. The SMILES string of the molecule is CC(NC(=O)C1CCCC1N)C(=O)O. The highest BCUT2D eigenvalue weighted by Crippen LogP contribution is 2.23. The molecule has 5 heteroatoms. The van der Waals surface area contributed by atoms with E-state index in [1.807, 2.05) is 0 Å². The molecule has 0 radical (unpaired) electrons. The monoisotopic (exact) mass is 200 g/mol. The summed E-state index contributed by atoms with van der Waals surface area (Å²) in [5.74, 6) is -1.47. The lowest BCUT2D eigenvalue weighted by Gasteiger charge is -2.17. The van der Waals surface area contributed by atoms with Crippen LogP contribution >= 0.6 is 0 Å². The topological polar surface area (TPSA) is 92.4 Å². The Kier molecular flexibility index (Phi) is 3.46. The van der Waals surface area contributed by atoms with Crippen LogP contribution in [0.2, 0.25) is 0 Å². The second-order valence-electron chi connectivity index (χ2n) is 3.77. The summed E-state index contributed by atoms with van der Waals surface area (Å²) in [4.78, 5) is 22.0. The van der Waals surface area contributed by atoms with E-state index in [-0.39, 0.29) is 17.9 Å².